The minimum Gasteiger partial charge on any atom is -0.325 e. The lowest BCUT2D eigenvalue weighted by Crippen LogP contribution is -2.37. The van der Waals surface area contributed by atoms with Crippen molar-refractivity contribution in [2.24, 2.45) is 5.92 Å². The van der Waals surface area contributed by atoms with Crippen LogP contribution in [0.25, 0.3) is 0 Å². The summed E-state index contributed by atoms with van der Waals surface area (Å²) in [6.45, 7) is 0.827. The summed E-state index contributed by atoms with van der Waals surface area (Å²) in [7, 11) is 0. The monoisotopic (exact) mass is 289 g/mol. The molecule has 1 saturated carbocycles. The van der Waals surface area contributed by atoms with Crippen molar-refractivity contribution in [3.63, 3.8) is 0 Å². The Morgan fingerprint density at radius 2 is 1.85 bits per heavy atom. The van der Waals surface area contributed by atoms with Crippen LogP contribution in [0.5, 0.6) is 0 Å². The SMILES string of the molecule is O=C1CCC(C(=O)N2CCSC2c2ccccc2)CC1. The minimum atomic E-state index is 0.0533. The van der Waals surface area contributed by atoms with Crippen LogP contribution < -0.4 is 0 Å². The lowest BCUT2D eigenvalue weighted by Gasteiger charge is -2.29. The Bertz CT molecular complexity index is 492. The molecule has 1 aromatic carbocycles. The molecule has 1 aliphatic carbocycles. The van der Waals surface area contributed by atoms with Crippen LogP contribution in [0.2, 0.25) is 0 Å². The third-order valence-electron chi connectivity index (χ3n) is 4.15. The van der Waals surface area contributed by atoms with E-state index < -0.39 is 0 Å². The van der Waals surface area contributed by atoms with E-state index in [9.17, 15) is 9.59 Å². The predicted octanol–water partition coefficient (Wildman–Crippen LogP) is 3.02. The molecule has 106 valence electrons. The van der Waals surface area contributed by atoms with E-state index in [4.69, 9.17) is 0 Å². The number of hydrogen-bond donors (Lipinski definition) is 0. The molecular formula is C16H19NO2S. The number of hydrogen-bond acceptors (Lipinski definition) is 3. The van der Waals surface area contributed by atoms with Crippen LogP contribution in [-0.4, -0.2) is 28.9 Å². The van der Waals surface area contributed by atoms with Crippen LogP contribution in [0.1, 0.15) is 36.6 Å². The van der Waals surface area contributed by atoms with Gasteiger partial charge in [-0.25, -0.2) is 0 Å². The molecule has 0 N–H and O–H groups in total. The first-order chi connectivity index (χ1) is 9.75. The molecule has 2 fully saturated rings. The van der Waals surface area contributed by atoms with Gasteiger partial charge in [0.2, 0.25) is 5.91 Å². The molecule has 1 unspecified atom stereocenters. The van der Waals surface area contributed by atoms with Gasteiger partial charge in [0, 0.05) is 31.1 Å². The van der Waals surface area contributed by atoms with Gasteiger partial charge in [-0.15, -0.1) is 11.8 Å². The maximum absolute atomic E-state index is 12.7. The summed E-state index contributed by atoms with van der Waals surface area (Å²) in [6, 6.07) is 10.2. The Balaban J connectivity index is 1.72. The molecule has 3 nitrogen and oxygen atoms in total. The summed E-state index contributed by atoms with van der Waals surface area (Å²) in [5.74, 6) is 1.61. The molecule has 0 aromatic heterocycles. The molecule has 1 atom stereocenters. The summed E-state index contributed by atoms with van der Waals surface area (Å²) in [6.07, 6.45) is 2.63. The second kappa shape index (κ2) is 6.00. The van der Waals surface area contributed by atoms with Crippen LogP contribution in [0.15, 0.2) is 30.3 Å². The smallest absolute Gasteiger partial charge is 0.226 e. The van der Waals surface area contributed by atoms with E-state index in [2.05, 4.69) is 12.1 Å². The zero-order valence-corrected chi connectivity index (χ0v) is 12.3. The molecule has 0 bridgehead atoms. The molecule has 3 rings (SSSR count). The number of ketones is 1. The number of rotatable bonds is 2. The third kappa shape index (κ3) is 2.75. The summed E-state index contributed by atoms with van der Waals surface area (Å²) in [5.41, 5.74) is 1.20. The number of nitrogens with zero attached hydrogens (tertiary/aromatic N) is 1. The van der Waals surface area contributed by atoms with Crippen molar-refractivity contribution in [2.45, 2.75) is 31.1 Å². The largest absolute Gasteiger partial charge is 0.325 e. The molecule has 0 spiro atoms. The number of carbonyl (C=O) groups is 2. The fourth-order valence-corrected chi connectivity index (χ4v) is 4.27. The van der Waals surface area contributed by atoms with Gasteiger partial charge >= 0.3 is 0 Å². The van der Waals surface area contributed by atoms with Crippen LogP contribution in [0, 0.1) is 5.92 Å². The Hall–Kier alpha value is -1.29. The molecule has 20 heavy (non-hydrogen) atoms. The number of Topliss-reactive ketones (excluding diaryl/α,β-unsaturated/α-hetero) is 1. The third-order valence-corrected chi connectivity index (χ3v) is 5.41. The summed E-state index contributed by atoms with van der Waals surface area (Å²) >= 11 is 1.83. The first kappa shape index (κ1) is 13.7. The first-order valence-electron chi connectivity index (χ1n) is 7.24. The lowest BCUT2D eigenvalue weighted by molar-refractivity contribution is -0.137. The Morgan fingerprint density at radius 1 is 1.15 bits per heavy atom. The van der Waals surface area contributed by atoms with Crippen molar-refractivity contribution in [3.05, 3.63) is 35.9 Å². The summed E-state index contributed by atoms with van der Waals surface area (Å²) in [5, 5.41) is 0.154. The molecule has 1 amide bonds. The second-order valence-electron chi connectivity index (χ2n) is 5.48. The normalized spacial score (nSPS) is 24.1. The van der Waals surface area contributed by atoms with Gasteiger partial charge in [0.1, 0.15) is 11.2 Å². The Labute approximate surface area is 123 Å². The standard InChI is InChI=1S/C16H19NO2S/c18-14-8-6-12(7-9-14)15(19)17-10-11-20-16(17)13-4-2-1-3-5-13/h1-5,12,16H,6-11H2. The zero-order chi connectivity index (χ0) is 13.9. The van der Waals surface area contributed by atoms with E-state index in [1.165, 1.54) is 5.56 Å². The summed E-state index contributed by atoms with van der Waals surface area (Å²) in [4.78, 5) is 26.0. The summed E-state index contributed by atoms with van der Waals surface area (Å²) < 4.78 is 0. The van der Waals surface area contributed by atoms with Crippen molar-refractivity contribution < 1.29 is 9.59 Å². The highest BCUT2D eigenvalue weighted by Crippen LogP contribution is 2.39. The van der Waals surface area contributed by atoms with E-state index in [1.807, 2.05) is 34.9 Å². The average molecular weight is 289 g/mol. The number of thioether (sulfide) groups is 1. The zero-order valence-electron chi connectivity index (χ0n) is 11.5. The van der Waals surface area contributed by atoms with E-state index in [0.29, 0.717) is 18.6 Å². The molecule has 0 radical (unpaired) electrons. The maximum Gasteiger partial charge on any atom is 0.226 e. The number of carbonyl (C=O) groups excluding carboxylic acids is 2. The van der Waals surface area contributed by atoms with Crippen molar-refractivity contribution >= 4 is 23.5 Å². The van der Waals surface area contributed by atoms with E-state index in [0.717, 1.165) is 25.1 Å². The maximum atomic E-state index is 12.7. The highest BCUT2D eigenvalue weighted by Gasteiger charge is 2.35. The topological polar surface area (TPSA) is 37.4 Å². The predicted molar refractivity (Wildman–Crippen MR) is 80.3 cm³/mol. The van der Waals surface area contributed by atoms with Gasteiger partial charge in [-0.2, -0.15) is 0 Å². The van der Waals surface area contributed by atoms with Crippen LogP contribution in [0.3, 0.4) is 0 Å². The average Bonchev–Trinajstić information content (AvgIpc) is 2.97. The van der Waals surface area contributed by atoms with Gasteiger partial charge in [0.25, 0.3) is 0 Å². The van der Waals surface area contributed by atoms with Gasteiger partial charge in [-0.3, -0.25) is 9.59 Å². The van der Waals surface area contributed by atoms with Gasteiger partial charge in [0.15, 0.2) is 0 Å². The van der Waals surface area contributed by atoms with Crippen molar-refractivity contribution in [1.29, 1.82) is 0 Å². The van der Waals surface area contributed by atoms with Gasteiger partial charge in [-0.1, -0.05) is 30.3 Å². The van der Waals surface area contributed by atoms with E-state index >= 15 is 0 Å². The quantitative estimate of drug-likeness (QED) is 0.840. The molecule has 1 aromatic rings. The minimum absolute atomic E-state index is 0.0533. The van der Waals surface area contributed by atoms with Crippen LogP contribution in [0.4, 0.5) is 0 Å². The fourth-order valence-electron chi connectivity index (χ4n) is 3.01. The molecule has 2 aliphatic rings. The Morgan fingerprint density at radius 3 is 2.55 bits per heavy atom. The van der Waals surface area contributed by atoms with Gasteiger partial charge in [-0.05, 0) is 18.4 Å². The van der Waals surface area contributed by atoms with E-state index in [1.54, 1.807) is 0 Å². The van der Waals surface area contributed by atoms with Crippen molar-refractivity contribution in [2.75, 3.05) is 12.3 Å². The molecule has 1 heterocycles. The lowest BCUT2D eigenvalue weighted by atomic mass is 9.87. The fraction of sp³-hybridized carbons (Fsp3) is 0.500. The van der Waals surface area contributed by atoms with Crippen molar-refractivity contribution in [1.82, 2.24) is 4.90 Å². The van der Waals surface area contributed by atoms with E-state index in [-0.39, 0.29) is 17.2 Å². The highest BCUT2D eigenvalue weighted by molar-refractivity contribution is 7.99. The van der Waals surface area contributed by atoms with Gasteiger partial charge in [0.05, 0.1) is 0 Å². The van der Waals surface area contributed by atoms with Gasteiger partial charge < -0.3 is 4.90 Å². The van der Waals surface area contributed by atoms with Crippen molar-refractivity contribution in [3.8, 4) is 0 Å². The van der Waals surface area contributed by atoms with Crippen LogP contribution in [-0.2, 0) is 9.59 Å². The number of benzene rings is 1. The molecule has 1 aliphatic heterocycles. The molecular weight excluding hydrogens is 270 g/mol. The second-order valence-corrected chi connectivity index (χ2v) is 6.67. The highest BCUT2D eigenvalue weighted by atomic mass is 32.2. The molecule has 4 heteroatoms. The molecule has 1 saturated heterocycles. The Kier molecular flexibility index (Phi) is 4.10. The first-order valence-corrected chi connectivity index (χ1v) is 8.29. The number of amides is 1. The van der Waals surface area contributed by atoms with Crippen LogP contribution >= 0.6 is 11.8 Å².